The van der Waals surface area contributed by atoms with Gasteiger partial charge in [-0.25, -0.2) is 13.2 Å². The van der Waals surface area contributed by atoms with Gasteiger partial charge in [-0.2, -0.15) is 0 Å². The molecule has 2 aliphatic rings. The fourth-order valence-electron chi connectivity index (χ4n) is 6.54. The average molecular weight is 629 g/mol. The normalized spacial score (nSPS) is 22.1. The number of nitrogens with zero attached hydrogens (tertiary/aromatic N) is 1. The lowest BCUT2D eigenvalue weighted by atomic mass is 9.90. The zero-order valence-electron chi connectivity index (χ0n) is 26.5. The van der Waals surface area contributed by atoms with Crippen LogP contribution < -0.4 is 5.32 Å². The fraction of sp³-hybridized carbons (Fsp3) is 0.588. The molecule has 9 nitrogen and oxygen atoms in total. The summed E-state index contributed by atoms with van der Waals surface area (Å²) in [5.41, 5.74) is 3.69. The number of methoxy groups -OCH3 is 1. The Bertz CT molecular complexity index is 1410. The van der Waals surface area contributed by atoms with Crippen LogP contribution in [0.1, 0.15) is 73.4 Å². The quantitative estimate of drug-likeness (QED) is 0.304. The summed E-state index contributed by atoms with van der Waals surface area (Å²) in [6.45, 7) is 7.03. The van der Waals surface area contributed by atoms with E-state index in [2.05, 4.69) is 17.1 Å². The number of hydrogen-bond acceptors (Lipinski definition) is 7. The van der Waals surface area contributed by atoms with Crippen LogP contribution in [0, 0.1) is 12.8 Å². The molecule has 0 spiro atoms. The fourth-order valence-corrected chi connectivity index (χ4v) is 7.21. The second kappa shape index (κ2) is 15.0. The van der Waals surface area contributed by atoms with E-state index in [1.54, 1.807) is 13.2 Å². The lowest BCUT2D eigenvalue weighted by Gasteiger charge is -2.35. The Morgan fingerprint density at radius 2 is 1.84 bits per heavy atom. The van der Waals surface area contributed by atoms with Gasteiger partial charge in [-0.3, -0.25) is 9.69 Å². The Labute approximate surface area is 262 Å². The number of aryl methyl sites for hydroxylation is 1. The standard InChI is InChI=1S/C34H48N2O7S/c1-24-10-8-9-13-28(24)30-18-26(14-15-29(30)32(37)35-31(33(38)39)16-17-44(4,40)41)20-36-21-27(42-3)19-34(36,2)23-43-22-25-11-6-5-7-12-25/h8-10,13-15,18,25,27,31H,5-7,11-12,16-17,19-23H2,1-4H3,(H,35,37)(H,38,39)/t27-,31+,34-/m1/s1. The predicted molar refractivity (Wildman–Crippen MR) is 171 cm³/mol. The minimum absolute atomic E-state index is 0.0963. The van der Waals surface area contributed by atoms with Crippen molar-refractivity contribution in [3.05, 3.63) is 59.2 Å². The van der Waals surface area contributed by atoms with Crippen molar-refractivity contribution in [2.75, 3.05) is 38.9 Å². The largest absolute Gasteiger partial charge is 0.480 e. The maximum absolute atomic E-state index is 13.5. The van der Waals surface area contributed by atoms with Gasteiger partial charge >= 0.3 is 5.97 Å². The first-order chi connectivity index (χ1) is 20.9. The van der Waals surface area contributed by atoms with Gasteiger partial charge in [0.25, 0.3) is 5.91 Å². The van der Waals surface area contributed by atoms with Gasteiger partial charge in [-0.05, 0) is 79.8 Å². The summed E-state index contributed by atoms with van der Waals surface area (Å²) in [6, 6.07) is 12.1. The van der Waals surface area contributed by atoms with E-state index in [4.69, 9.17) is 9.47 Å². The van der Waals surface area contributed by atoms with Crippen molar-refractivity contribution >= 4 is 21.7 Å². The molecule has 2 fully saturated rings. The summed E-state index contributed by atoms with van der Waals surface area (Å²) >= 11 is 0. The summed E-state index contributed by atoms with van der Waals surface area (Å²) in [5, 5.41) is 12.2. The SMILES string of the molecule is CO[C@H]1CN(Cc2ccc(C(=O)N[C@@H](CCS(C)(=O)=O)C(=O)O)c(-c3ccccc3C)c2)[C@@](C)(COCC2CCCCC2)C1. The Morgan fingerprint density at radius 3 is 2.50 bits per heavy atom. The van der Waals surface area contributed by atoms with Crippen LogP contribution in [0.25, 0.3) is 11.1 Å². The lowest BCUT2D eigenvalue weighted by molar-refractivity contribution is -0.139. The number of nitrogens with one attached hydrogen (secondary N) is 1. The third-order valence-corrected chi connectivity index (χ3v) is 10.2. The predicted octanol–water partition coefficient (Wildman–Crippen LogP) is 4.86. The van der Waals surface area contributed by atoms with Crippen LogP contribution in [-0.2, 0) is 30.7 Å². The first-order valence-corrected chi connectivity index (χ1v) is 17.7. The Morgan fingerprint density at radius 1 is 1.11 bits per heavy atom. The molecule has 1 saturated heterocycles. The first-order valence-electron chi connectivity index (χ1n) is 15.6. The van der Waals surface area contributed by atoms with Gasteiger partial charge in [0.1, 0.15) is 15.9 Å². The Hall–Kier alpha value is -2.79. The number of benzene rings is 2. The van der Waals surface area contributed by atoms with Gasteiger partial charge in [0.15, 0.2) is 0 Å². The number of sulfone groups is 1. The number of carbonyl (C=O) groups is 2. The highest BCUT2D eigenvalue weighted by atomic mass is 32.2. The van der Waals surface area contributed by atoms with E-state index in [1.165, 1.54) is 32.1 Å². The molecule has 0 bridgehead atoms. The second-order valence-electron chi connectivity index (χ2n) is 12.9. The van der Waals surface area contributed by atoms with Gasteiger partial charge in [0.2, 0.25) is 0 Å². The highest BCUT2D eigenvalue weighted by Crippen LogP contribution is 2.35. The number of hydrogen-bond donors (Lipinski definition) is 2. The van der Waals surface area contributed by atoms with Crippen LogP contribution in [0.5, 0.6) is 0 Å². The Balaban J connectivity index is 1.57. The van der Waals surface area contributed by atoms with Crippen molar-refractivity contribution in [1.82, 2.24) is 10.2 Å². The molecule has 1 heterocycles. The van der Waals surface area contributed by atoms with Crippen molar-refractivity contribution < 1.29 is 32.6 Å². The number of rotatable bonds is 14. The molecule has 0 radical (unpaired) electrons. The van der Waals surface area contributed by atoms with Gasteiger partial charge < -0.3 is 19.9 Å². The maximum atomic E-state index is 13.5. The highest BCUT2D eigenvalue weighted by Gasteiger charge is 2.42. The van der Waals surface area contributed by atoms with E-state index in [9.17, 15) is 23.1 Å². The molecule has 2 aromatic carbocycles. The first kappa shape index (κ1) is 34.1. The molecular weight excluding hydrogens is 580 g/mol. The molecule has 0 aromatic heterocycles. The number of carboxylic acid groups (broad SMARTS) is 1. The van der Waals surface area contributed by atoms with Crippen LogP contribution in [-0.4, -0.2) is 86.9 Å². The number of ether oxygens (including phenoxy) is 2. The lowest BCUT2D eigenvalue weighted by Crippen LogP contribution is -2.45. The van der Waals surface area contributed by atoms with E-state index in [-0.39, 0.29) is 23.8 Å². The molecular formula is C34H48N2O7S. The maximum Gasteiger partial charge on any atom is 0.326 e. The number of amides is 1. The number of carboxylic acids is 1. The number of carbonyl (C=O) groups excluding carboxylic acids is 1. The zero-order valence-corrected chi connectivity index (χ0v) is 27.3. The van der Waals surface area contributed by atoms with Gasteiger partial charge in [0.05, 0.1) is 18.5 Å². The van der Waals surface area contributed by atoms with Crippen LogP contribution in [0.3, 0.4) is 0 Å². The minimum Gasteiger partial charge on any atom is -0.480 e. The van der Waals surface area contributed by atoms with E-state index in [0.717, 1.165) is 42.5 Å². The van der Waals surface area contributed by atoms with Crippen LogP contribution in [0.15, 0.2) is 42.5 Å². The van der Waals surface area contributed by atoms with Crippen LogP contribution in [0.2, 0.25) is 0 Å². The van der Waals surface area contributed by atoms with Gasteiger partial charge in [-0.15, -0.1) is 0 Å². The summed E-state index contributed by atoms with van der Waals surface area (Å²) in [5.74, 6) is -1.53. The summed E-state index contributed by atoms with van der Waals surface area (Å²) in [7, 11) is -1.64. The summed E-state index contributed by atoms with van der Waals surface area (Å²) in [6.07, 6.45) is 8.19. The highest BCUT2D eigenvalue weighted by molar-refractivity contribution is 7.90. The topological polar surface area (TPSA) is 122 Å². The van der Waals surface area contributed by atoms with Crippen molar-refractivity contribution in [3.63, 3.8) is 0 Å². The Kier molecular flexibility index (Phi) is 11.6. The second-order valence-corrected chi connectivity index (χ2v) is 15.2. The van der Waals surface area contributed by atoms with E-state index >= 15 is 0 Å². The molecule has 1 saturated carbocycles. The van der Waals surface area contributed by atoms with E-state index in [0.29, 0.717) is 30.2 Å². The van der Waals surface area contributed by atoms with Gasteiger partial charge in [-0.1, -0.05) is 49.6 Å². The molecule has 2 aromatic rings. The number of aliphatic carboxylic acids is 1. The molecule has 4 rings (SSSR count). The molecule has 10 heteroatoms. The van der Waals surface area contributed by atoms with Crippen LogP contribution in [0.4, 0.5) is 0 Å². The molecule has 242 valence electrons. The molecule has 2 N–H and O–H groups in total. The monoisotopic (exact) mass is 628 g/mol. The van der Waals surface area contributed by atoms with Crippen molar-refractivity contribution in [2.45, 2.75) is 83.0 Å². The molecule has 44 heavy (non-hydrogen) atoms. The van der Waals surface area contributed by atoms with Gasteiger partial charge in [0, 0.05) is 44.2 Å². The third-order valence-electron chi connectivity index (χ3n) is 9.20. The van der Waals surface area contributed by atoms with Crippen molar-refractivity contribution in [1.29, 1.82) is 0 Å². The summed E-state index contributed by atoms with van der Waals surface area (Å²) in [4.78, 5) is 27.8. The zero-order chi connectivity index (χ0) is 31.9. The molecule has 0 unspecified atom stereocenters. The number of likely N-dealkylation sites (tertiary alicyclic amines) is 1. The molecule has 1 aliphatic carbocycles. The molecule has 1 aliphatic heterocycles. The molecule has 1 amide bonds. The van der Waals surface area contributed by atoms with E-state index in [1.807, 2.05) is 43.3 Å². The van der Waals surface area contributed by atoms with Crippen molar-refractivity contribution in [3.8, 4) is 11.1 Å². The average Bonchev–Trinajstić information content (AvgIpc) is 3.30. The van der Waals surface area contributed by atoms with E-state index < -0.39 is 27.8 Å². The van der Waals surface area contributed by atoms with Crippen LogP contribution >= 0.6 is 0 Å². The van der Waals surface area contributed by atoms with Crippen molar-refractivity contribution in [2.24, 2.45) is 5.92 Å². The summed E-state index contributed by atoms with van der Waals surface area (Å²) < 4.78 is 35.5. The smallest absolute Gasteiger partial charge is 0.326 e. The minimum atomic E-state index is -3.39. The molecule has 3 atom stereocenters. The third kappa shape index (κ3) is 9.12.